The molecule has 0 aromatic heterocycles. The first-order valence-electron chi connectivity index (χ1n) is 19.1. The lowest BCUT2D eigenvalue weighted by atomic mass is 9.76. The Kier molecular flexibility index (Phi) is 6.83. The van der Waals surface area contributed by atoms with Crippen molar-refractivity contribution >= 4 is 32.3 Å². The van der Waals surface area contributed by atoms with E-state index in [9.17, 15) is 0 Å². The topological polar surface area (TPSA) is 0 Å². The molecule has 1 saturated carbocycles. The molecular formula is C53H38. The highest BCUT2D eigenvalue weighted by Crippen LogP contribution is 2.57. The number of hydrogen-bond acceptors (Lipinski definition) is 0. The largest absolute Gasteiger partial charge is 0.0622 e. The van der Waals surface area contributed by atoms with Crippen molar-refractivity contribution in [3.63, 3.8) is 0 Å². The molecule has 11 rings (SSSR count). The summed E-state index contributed by atoms with van der Waals surface area (Å²) in [5.74, 6) is 0. The van der Waals surface area contributed by atoms with Crippen LogP contribution in [0.1, 0.15) is 36.8 Å². The molecule has 0 radical (unpaired) electrons. The van der Waals surface area contributed by atoms with Gasteiger partial charge in [-0.05, 0) is 136 Å². The van der Waals surface area contributed by atoms with Crippen molar-refractivity contribution in [3.8, 4) is 55.6 Å². The van der Waals surface area contributed by atoms with Crippen molar-refractivity contribution in [3.05, 3.63) is 193 Å². The third-order valence-corrected chi connectivity index (χ3v) is 12.4. The molecule has 0 bridgehead atoms. The summed E-state index contributed by atoms with van der Waals surface area (Å²) in [4.78, 5) is 0. The smallest absolute Gasteiger partial charge is 0.0215 e. The van der Waals surface area contributed by atoms with Gasteiger partial charge in [0, 0.05) is 5.41 Å². The van der Waals surface area contributed by atoms with Crippen LogP contribution in [0.15, 0.2) is 182 Å². The molecule has 0 heteroatoms. The Morgan fingerprint density at radius 3 is 1.47 bits per heavy atom. The zero-order valence-electron chi connectivity index (χ0n) is 29.6. The maximum Gasteiger partial charge on any atom is 0.0215 e. The Labute approximate surface area is 311 Å². The van der Waals surface area contributed by atoms with Crippen molar-refractivity contribution in [2.75, 3.05) is 0 Å². The summed E-state index contributed by atoms with van der Waals surface area (Å²) in [5, 5.41) is 7.64. The molecule has 0 saturated heterocycles. The van der Waals surface area contributed by atoms with Crippen molar-refractivity contribution in [1.82, 2.24) is 0 Å². The van der Waals surface area contributed by atoms with Crippen LogP contribution in [0.5, 0.6) is 0 Å². The molecule has 0 unspecified atom stereocenters. The van der Waals surface area contributed by atoms with Crippen LogP contribution in [0.25, 0.3) is 88.0 Å². The second-order valence-corrected chi connectivity index (χ2v) is 15.2. The average Bonchev–Trinajstić information content (AvgIpc) is 3.83. The maximum absolute atomic E-state index is 2.53. The molecule has 0 N–H and O–H groups in total. The van der Waals surface area contributed by atoms with Crippen molar-refractivity contribution in [1.29, 1.82) is 0 Å². The molecule has 1 spiro atoms. The molecule has 2 aliphatic rings. The van der Waals surface area contributed by atoms with Crippen LogP contribution in [-0.4, -0.2) is 0 Å². The van der Waals surface area contributed by atoms with E-state index in [2.05, 4.69) is 182 Å². The molecule has 9 aromatic rings. The Balaban J connectivity index is 1.06. The Hall–Kier alpha value is -6.24. The van der Waals surface area contributed by atoms with Gasteiger partial charge in [0.25, 0.3) is 0 Å². The van der Waals surface area contributed by atoms with E-state index in [0.717, 1.165) is 0 Å². The summed E-state index contributed by atoms with van der Waals surface area (Å²) in [7, 11) is 0. The Morgan fingerprint density at radius 1 is 0.302 bits per heavy atom. The summed E-state index contributed by atoms with van der Waals surface area (Å²) in [6.07, 6.45) is 5.10. The second kappa shape index (κ2) is 11.9. The minimum atomic E-state index is 0.161. The molecular weight excluding hydrogens is 637 g/mol. The van der Waals surface area contributed by atoms with Crippen LogP contribution < -0.4 is 0 Å². The number of fused-ring (bicyclic) bond motifs is 8. The summed E-state index contributed by atoms with van der Waals surface area (Å²) in [6, 6.07) is 68.2. The van der Waals surface area contributed by atoms with Crippen molar-refractivity contribution in [2.24, 2.45) is 0 Å². The van der Waals surface area contributed by atoms with Gasteiger partial charge in [0.2, 0.25) is 0 Å². The third-order valence-electron chi connectivity index (χ3n) is 12.4. The fourth-order valence-electron chi connectivity index (χ4n) is 9.97. The van der Waals surface area contributed by atoms with E-state index in [1.807, 2.05) is 0 Å². The first kappa shape index (κ1) is 30.4. The highest BCUT2D eigenvalue weighted by Gasteiger charge is 2.44. The number of hydrogen-bond donors (Lipinski definition) is 0. The zero-order chi connectivity index (χ0) is 34.9. The molecule has 0 nitrogen and oxygen atoms in total. The van der Waals surface area contributed by atoms with Gasteiger partial charge in [-0.25, -0.2) is 0 Å². The van der Waals surface area contributed by atoms with Crippen LogP contribution in [0, 0.1) is 0 Å². The lowest BCUT2D eigenvalue weighted by Gasteiger charge is -2.27. The lowest BCUT2D eigenvalue weighted by Crippen LogP contribution is -2.20. The fourth-order valence-corrected chi connectivity index (χ4v) is 9.97. The predicted molar refractivity (Wildman–Crippen MR) is 225 cm³/mol. The average molecular weight is 675 g/mol. The minimum Gasteiger partial charge on any atom is -0.0622 e. The van der Waals surface area contributed by atoms with Gasteiger partial charge < -0.3 is 0 Å². The molecule has 53 heavy (non-hydrogen) atoms. The Morgan fingerprint density at radius 2 is 0.774 bits per heavy atom. The van der Waals surface area contributed by atoms with Gasteiger partial charge in [-0.2, -0.15) is 0 Å². The van der Waals surface area contributed by atoms with Gasteiger partial charge in [-0.1, -0.05) is 171 Å². The van der Waals surface area contributed by atoms with Gasteiger partial charge in [-0.15, -0.1) is 0 Å². The second-order valence-electron chi connectivity index (χ2n) is 15.2. The highest BCUT2D eigenvalue weighted by atomic mass is 14.5. The summed E-state index contributed by atoms with van der Waals surface area (Å²) < 4.78 is 0. The van der Waals surface area contributed by atoms with E-state index in [1.165, 1.54) is 119 Å². The van der Waals surface area contributed by atoms with Gasteiger partial charge >= 0.3 is 0 Å². The molecule has 1 fully saturated rings. The van der Waals surface area contributed by atoms with E-state index in [0.29, 0.717) is 0 Å². The van der Waals surface area contributed by atoms with Crippen LogP contribution in [-0.2, 0) is 5.41 Å². The van der Waals surface area contributed by atoms with Gasteiger partial charge in [0.05, 0.1) is 0 Å². The summed E-state index contributed by atoms with van der Waals surface area (Å²) in [6.45, 7) is 0. The summed E-state index contributed by atoms with van der Waals surface area (Å²) >= 11 is 0. The summed E-state index contributed by atoms with van der Waals surface area (Å²) in [5.41, 5.74) is 16.3. The van der Waals surface area contributed by atoms with Gasteiger partial charge in [-0.3, -0.25) is 0 Å². The Bertz CT molecular complexity index is 2830. The van der Waals surface area contributed by atoms with E-state index in [4.69, 9.17) is 0 Å². The maximum atomic E-state index is 2.53. The number of rotatable bonds is 4. The standard InChI is InChI=1S/C53H38/c1-2-13-35(14-3-1)37-23-24-39-33-42(26-25-38(39)31-37)52-47-20-6-4-18-45(47)51(46-19-5-7-21-48(46)52)41-16-12-15-36(32-41)40-27-28-44-43-17-8-9-22-49(43)53(50(44)34-40)29-10-11-30-53/h1-9,12-28,31-34H,10-11,29-30H2. The minimum absolute atomic E-state index is 0.161. The van der Waals surface area contributed by atoms with E-state index in [1.54, 1.807) is 5.56 Å². The van der Waals surface area contributed by atoms with Crippen molar-refractivity contribution in [2.45, 2.75) is 31.1 Å². The third kappa shape index (κ3) is 4.69. The lowest BCUT2D eigenvalue weighted by molar-refractivity contribution is 0.550. The van der Waals surface area contributed by atoms with Crippen LogP contribution in [0.2, 0.25) is 0 Å². The molecule has 250 valence electrons. The zero-order valence-corrected chi connectivity index (χ0v) is 29.6. The fraction of sp³-hybridized carbons (Fsp3) is 0.0943. The van der Waals surface area contributed by atoms with E-state index >= 15 is 0 Å². The predicted octanol–water partition coefficient (Wildman–Crippen LogP) is 14.7. The molecule has 9 aromatic carbocycles. The first-order chi connectivity index (χ1) is 26.2. The molecule has 0 aliphatic heterocycles. The van der Waals surface area contributed by atoms with E-state index < -0.39 is 0 Å². The monoisotopic (exact) mass is 674 g/mol. The molecule has 2 aliphatic carbocycles. The highest BCUT2D eigenvalue weighted by molar-refractivity contribution is 6.21. The van der Waals surface area contributed by atoms with Crippen molar-refractivity contribution < 1.29 is 0 Å². The number of benzene rings is 9. The van der Waals surface area contributed by atoms with E-state index in [-0.39, 0.29) is 5.41 Å². The quantitative estimate of drug-likeness (QED) is 0.163. The molecule has 0 amide bonds. The first-order valence-corrected chi connectivity index (χ1v) is 19.1. The van der Waals surface area contributed by atoms with Crippen LogP contribution >= 0.6 is 0 Å². The normalized spacial score (nSPS) is 14.3. The van der Waals surface area contributed by atoms with Crippen LogP contribution in [0.4, 0.5) is 0 Å². The van der Waals surface area contributed by atoms with Gasteiger partial charge in [0.1, 0.15) is 0 Å². The molecule has 0 atom stereocenters. The van der Waals surface area contributed by atoms with Gasteiger partial charge in [0.15, 0.2) is 0 Å². The molecule has 0 heterocycles. The SMILES string of the molecule is c1ccc(-c2ccc3cc(-c4c5ccccc5c(-c5cccc(-c6ccc7c(c6)C6(CCCC6)c6ccccc6-7)c5)c5ccccc45)ccc3c2)cc1. The van der Waals surface area contributed by atoms with Crippen LogP contribution in [0.3, 0.4) is 0 Å².